The van der Waals surface area contributed by atoms with Crippen molar-refractivity contribution in [1.29, 1.82) is 0 Å². The fraction of sp³-hybridized carbons (Fsp3) is 0.440. The summed E-state index contributed by atoms with van der Waals surface area (Å²) >= 11 is 12.3. The highest BCUT2D eigenvalue weighted by Gasteiger charge is 2.32. The smallest absolute Gasteiger partial charge is 0.244 e. The molecule has 35 heavy (non-hydrogen) atoms. The minimum absolute atomic E-state index is 0.110. The topological polar surface area (TPSA) is 86.8 Å². The van der Waals surface area contributed by atoms with Gasteiger partial charge in [-0.3, -0.25) is 13.9 Å². The molecule has 0 aliphatic rings. The van der Waals surface area contributed by atoms with Crippen LogP contribution in [-0.4, -0.2) is 57.1 Å². The van der Waals surface area contributed by atoms with Crippen LogP contribution in [0.15, 0.2) is 48.5 Å². The zero-order valence-corrected chi connectivity index (χ0v) is 22.7. The van der Waals surface area contributed by atoms with Crippen molar-refractivity contribution in [3.05, 3.63) is 64.1 Å². The van der Waals surface area contributed by atoms with Crippen molar-refractivity contribution in [2.24, 2.45) is 0 Å². The number of hydrogen-bond donors (Lipinski definition) is 1. The van der Waals surface area contributed by atoms with E-state index in [1.807, 2.05) is 44.2 Å². The lowest BCUT2D eigenvalue weighted by Crippen LogP contribution is -2.53. The minimum atomic E-state index is -3.88. The third-order valence-electron chi connectivity index (χ3n) is 5.56. The summed E-state index contributed by atoms with van der Waals surface area (Å²) in [7, 11) is -3.88. The molecule has 2 rings (SSSR count). The summed E-state index contributed by atoms with van der Waals surface area (Å²) < 4.78 is 26.2. The van der Waals surface area contributed by atoms with E-state index >= 15 is 0 Å². The average Bonchev–Trinajstić information content (AvgIpc) is 2.81. The number of carbonyl (C=O) groups excluding carboxylic acids is 2. The fourth-order valence-corrected chi connectivity index (χ4v) is 4.96. The van der Waals surface area contributed by atoms with Gasteiger partial charge < -0.3 is 10.2 Å². The molecule has 1 unspecified atom stereocenters. The number of amides is 2. The number of hydrogen-bond acceptors (Lipinski definition) is 4. The Morgan fingerprint density at radius 2 is 1.74 bits per heavy atom. The van der Waals surface area contributed by atoms with Gasteiger partial charge in [0, 0.05) is 18.1 Å². The molecule has 1 atom stereocenters. The second-order valence-electron chi connectivity index (χ2n) is 8.26. The molecule has 10 heteroatoms. The first-order valence-electron chi connectivity index (χ1n) is 11.6. The standard InChI is InChI=1S/C25H33Cl2N3O4S/c1-4-6-15-28-25(32)22(5-2)29(16-14-19-10-8-7-9-11-19)24(31)18-30(35(3,33)34)23-17-20(26)12-13-21(23)27/h7-13,17,22H,4-6,14-16,18H2,1-3H3,(H,28,32). The number of benzene rings is 2. The first-order valence-corrected chi connectivity index (χ1v) is 14.2. The van der Waals surface area contributed by atoms with Crippen LogP contribution in [-0.2, 0) is 26.0 Å². The van der Waals surface area contributed by atoms with E-state index < -0.39 is 28.5 Å². The van der Waals surface area contributed by atoms with Crippen molar-refractivity contribution in [2.75, 3.05) is 30.2 Å². The lowest BCUT2D eigenvalue weighted by atomic mass is 10.1. The molecule has 2 amide bonds. The molecule has 0 radical (unpaired) electrons. The molecule has 0 saturated heterocycles. The Kier molecular flexibility index (Phi) is 11.3. The Morgan fingerprint density at radius 3 is 2.34 bits per heavy atom. The van der Waals surface area contributed by atoms with E-state index in [4.69, 9.17) is 23.2 Å². The van der Waals surface area contributed by atoms with Gasteiger partial charge in [0.1, 0.15) is 12.6 Å². The zero-order chi connectivity index (χ0) is 26.0. The zero-order valence-electron chi connectivity index (χ0n) is 20.3. The van der Waals surface area contributed by atoms with E-state index in [2.05, 4.69) is 5.32 Å². The highest BCUT2D eigenvalue weighted by atomic mass is 35.5. The molecular formula is C25H33Cl2N3O4S. The van der Waals surface area contributed by atoms with Crippen LogP contribution in [0.4, 0.5) is 5.69 Å². The summed E-state index contributed by atoms with van der Waals surface area (Å²) in [5.74, 6) is -0.756. The van der Waals surface area contributed by atoms with Gasteiger partial charge in [0.2, 0.25) is 21.8 Å². The van der Waals surface area contributed by atoms with E-state index in [0.717, 1.165) is 29.0 Å². The van der Waals surface area contributed by atoms with E-state index in [1.54, 1.807) is 0 Å². The number of rotatable bonds is 13. The van der Waals surface area contributed by atoms with Gasteiger partial charge in [-0.05, 0) is 43.0 Å². The van der Waals surface area contributed by atoms with Crippen LogP contribution in [0.2, 0.25) is 10.0 Å². The molecule has 192 valence electrons. The van der Waals surface area contributed by atoms with Gasteiger partial charge in [0.15, 0.2) is 0 Å². The predicted molar refractivity (Wildman–Crippen MR) is 143 cm³/mol. The Hall–Kier alpha value is -2.29. The second-order valence-corrected chi connectivity index (χ2v) is 11.0. The third kappa shape index (κ3) is 8.70. The highest BCUT2D eigenvalue weighted by Crippen LogP contribution is 2.30. The molecule has 2 aromatic rings. The number of nitrogens with zero attached hydrogens (tertiary/aromatic N) is 2. The van der Waals surface area contributed by atoms with Crippen LogP contribution in [0, 0.1) is 0 Å². The van der Waals surface area contributed by atoms with Gasteiger partial charge in [-0.1, -0.05) is 73.8 Å². The minimum Gasteiger partial charge on any atom is -0.354 e. The Balaban J connectivity index is 2.37. The van der Waals surface area contributed by atoms with Gasteiger partial charge >= 0.3 is 0 Å². The molecule has 0 saturated carbocycles. The normalized spacial score (nSPS) is 12.1. The predicted octanol–water partition coefficient (Wildman–Crippen LogP) is 4.53. The van der Waals surface area contributed by atoms with E-state index in [9.17, 15) is 18.0 Å². The summed E-state index contributed by atoms with van der Waals surface area (Å²) in [6.45, 7) is 4.12. The van der Waals surface area contributed by atoms with Gasteiger partial charge in [0.25, 0.3) is 0 Å². The summed E-state index contributed by atoms with van der Waals surface area (Å²) in [6.07, 6.45) is 3.66. The fourth-order valence-electron chi connectivity index (χ4n) is 3.67. The number of sulfonamides is 1. The van der Waals surface area contributed by atoms with Crippen molar-refractivity contribution in [2.45, 2.75) is 45.6 Å². The molecule has 7 nitrogen and oxygen atoms in total. The third-order valence-corrected chi connectivity index (χ3v) is 7.24. The van der Waals surface area contributed by atoms with Gasteiger partial charge in [0.05, 0.1) is 17.0 Å². The summed E-state index contributed by atoms with van der Waals surface area (Å²) in [4.78, 5) is 28.0. The Bertz CT molecular complexity index is 1100. The average molecular weight is 543 g/mol. The summed E-state index contributed by atoms with van der Waals surface area (Å²) in [5.41, 5.74) is 1.11. The van der Waals surface area contributed by atoms with Crippen molar-refractivity contribution in [1.82, 2.24) is 10.2 Å². The number of nitrogens with one attached hydrogen (secondary N) is 1. The molecule has 2 aromatic carbocycles. The van der Waals surface area contributed by atoms with Crippen LogP contribution >= 0.6 is 23.2 Å². The van der Waals surface area contributed by atoms with E-state index in [-0.39, 0.29) is 28.2 Å². The number of carbonyl (C=O) groups is 2. The second kappa shape index (κ2) is 13.7. The quantitative estimate of drug-likeness (QED) is 0.377. The maximum absolute atomic E-state index is 13.6. The maximum atomic E-state index is 13.6. The Morgan fingerprint density at radius 1 is 1.06 bits per heavy atom. The first-order chi connectivity index (χ1) is 16.6. The number of halogens is 2. The molecule has 0 bridgehead atoms. The van der Waals surface area contributed by atoms with Gasteiger partial charge in [-0.2, -0.15) is 0 Å². The van der Waals surface area contributed by atoms with Crippen molar-refractivity contribution in [3.8, 4) is 0 Å². The Labute approximate surface area is 218 Å². The number of unbranched alkanes of at least 4 members (excludes halogenated alkanes) is 1. The molecule has 1 N–H and O–H groups in total. The molecule has 0 spiro atoms. The van der Waals surface area contributed by atoms with Crippen molar-refractivity contribution < 1.29 is 18.0 Å². The molecule has 0 aromatic heterocycles. The van der Waals surface area contributed by atoms with E-state index in [1.165, 1.54) is 23.1 Å². The van der Waals surface area contributed by atoms with Gasteiger partial charge in [-0.15, -0.1) is 0 Å². The first kappa shape index (κ1) is 28.9. The summed E-state index contributed by atoms with van der Waals surface area (Å²) in [5, 5.41) is 3.33. The number of anilines is 1. The van der Waals surface area contributed by atoms with Crippen molar-refractivity contribution in [3.63, 3.8) is 0 Å². The highest BCUT2D eigenvalue weighted by molar-refractivity contribution is 7.92. The van der Waals surface area contributed by atoms with Crippen LogP contribution in [0.3, 0.4) is 0 Å². The molecule has 0 aliphatic carbocycles. The lowest BCUT2D eigenvalue weighted by molar-refractivity contribution is -0.139. The maximum Gasteiger partial charge on any atom is 0.244 e. The van der Waals surface area contributed by atoms with Crippen LogP contribution in [0.5, 0.6) is 0 Å². The summed E-state index contributed by atoms with van der Waals surface area (Å²) in [6, 6.07) is 13.3. The van der Waals surface area contributed by atoms with Gasteiger partial charge in [-0.25, -0.2) is 8.42 Å². The van der Waals surface area contributed by atoms with Crippen LogP contribution in [0.1, 0.15) is 38.7 Å². The monoisotopic (exact) mass is 541 g/mol. The molecular weight excluding hydrogens is 509 g/mol. The molecule has 0 aliphatic heterocycles. The van der Waals surface area contributed by atoms with Crippen molar-refractivity contribution >= 4 is 50.7 Å². The SMILES string of the molecule is CCCCNC(=O)C(CC)N(CCc1ccccc1)C(=O)CN(c1cc(Cl)ccc1Cl)S(C)(=O)=O. The molecule has 0 heterocycles. The lowest BCUT2D eigenvalue weighted by Gasteiger charge is -2.33. The van der Waals surface area contributed by atoms with Crippen LogP contribution in [0.25, 0.3) is 0 Å². The van der Waals surface area contributed by atoms with E-state index in [0.29, 0.717) is 19.4 Å². The molecule has 0 fully saturated rings. The van der Waals surface area contributed by atoms with Crippen LogP contribution < -0.4 is 9.62 Å². The largest absolute Gasteiger partial charge is 0.354 e.